The Morgan fingerprint density at radius 3 is 2.68 bits per heavy atom. The Morgan fingerprint density at radius 1 is 1.21 bits per heavy atom. The molecular weight excluding hydrogens is 354 g/mol. The van der Waals surface area contributed by atoms with E-state index in [-0.39, 0.29) is 35.9 Å². The van der Waals surface area contributed by atoms with Gasteiger partial charge in [-0.2, -0.15) is 0 Å². The van der Waals surface area contributed by atoms with Gasteiger partial charge in [0.2, 0.25) is 11.8 Å². The third kappa shape index (κ3) is 3.55. The smallest absolute Gasteiger partial charge is 0.237 e. The van der Waals surface area contributed by atoms with E-state index in [1.165, 1.54) is 11.1 Å². The Labute approximate surface area is 166 Å². The molecule has 2 saturated heterocycles. The van der Waals surface area contributed by atoms with Crippen LogP contribution in [-0.2, 0) is 15.0 Å². The summed E-state index contributed by atoms with van der Waals surface area (Å²) in [6, 6.07) is 8.60. The molecule has 2 heterocycles. The molecule has 0 saturated carbocycles. The van der Waals surface area contributed by atoms with Crippen molar-refractivity contribution in [1.29, 1.82) is 0 Å². The Bertz CT molecular complexity index is 742. The Hall–Kier alpha value is -1.92. The van der Waals surface area contributed by atoms with E-state index in [9.17, 15) is 14.7 Å². The van der Waals surface area contributed by atoms with Crippen molar-refractivity contribution < 1.29 is 14.7 Å². The average molecular weight is 386 g/mol. The number of hydrogen-bond donors (Lipinski definition) is 2. The van der Waals surface area contributed by atoms with Gasteiger partial charge in [0.05, 0.1) is 25.2 Å². The summed E-state index contributed by atoms with van der Waals surface area (Å²) in [6.07, 6.45) is 4.87. The van der Waals surface area contributed by atoms with Crippen molar-refractivity contribution in [3.63, 3.8) is 0 Å². The number of amides is 2. The van der Waals surface area contributed by atoms with Gasteiger partial charge in [0.15, 0.2) is 0 Å². The molecule has 1 aromatic rings. The second-order valence-corrected chi connectivity index (χ2v) is 8.67. The number of hydrogen-bond acceptors (Lipinski definition) is 4. The van der Waals surface area contributed by atoms with Gasteiger partial charge in [0.1, 0.15) is 0 Å². The van der Waals surface area contributed by atoms with E-state index in [4.69, 9.17) is 0 Å². The predicted octanol–water partition coefficient (Wildman–Crippen LogP) is 1.58. The molecule has 2 N–H and O–H groups in total. The van der Waals surface area contributed by atoms with E-state index in [0.29, 0.717) is 6.54 Å². The van der Waals surface area contributed by atoms with Crippen LogP contribution in [0.5, 0.6) is 0 Å². The molecular formula is C22H31N3O3. The van der Waals surface area contributed by atoms with Gasteiger partial charge in [0.25, 0.3) is 0 Å². The third-order valence-corrected chi connectivity index (χ3v) is 6.96. The second kappa shape index (κ2) is 7.84. The molecule has 6 nitrogen and oxygen atoms in total. The first-order valence-corrected chi connectivity index (χ1v) is 10.5. The summed E-state index contributed by atoms with van der Waals surface area (Å²) in [4.78, 5) is 28.5. The van der Waals surface area contributed by atoms with E-state index in [1.54, 1.807) is 6.92 Å². The van der Waals surface area contributed by atoms with Gasteiger partial charge in [-0.1, -0.05) is 24.3 Å². The van der Waals surface area contributed by atoms with Crippen molar-refractivity contribution >= 4 is 11.8 Å². The number of fused-ring (bicyclic) bond motifs is 2. The molecule has 2 fully saturated rings. The summed E-state index contributed by atoms with van der Waals surface area (Å²) >= 11 is 0. The maximum atomic E-state index is 12.7. The molecule has 2 aliphatic heterocycles. The first-order chi connectivity index (χ1) is 13.5. The molecule has 0 unspecified atom stereocenters. The predicted molar refractivity (Wildman–Crippen MR) is 107 cm³/mol. The first-order valence-electron chi connectivity index (χ1n) is 10.5. The van der Waals surface area contributed by atoms with Crippen LogP contribution < -0.4 is 5.32 Å². The van der Waals surface area contributed by atoms with E-state index in [2.05, 4.69) is 28.4 Å². The summed E-state index contributed by atoms with van der Waals surface area (Å²) in [7, 11) is 0. The van der Waals surface area contributed by atoms with E-state index < -0.39 is 0 Å². The van der Waals surface area contributed by atoms with Crippen LogP contribution in [0, 0.1) is 0 Å². The maximum Gasteiger partial charge on any atom is 0.237 e. The van der Waals surface area contributed by atoms with Crippen molar-refractivity contribution in [3.8, 4) is 0 Å². The highest BCUT2D eigenvalue weighted by Crippen LogP contribution is 2.50. The van der Waals surface area contributed by atoms with Gasteiger partial charge in [0, 0.05) is 18.9 Å². The lowest BCUT2D eigenvalue weighted by atomic mass is 9.73. The number of benzene rings is 1. The number of likely N-dealkylation sites (tertiary alicyclic amines) is 2. The average Bonchev–Trinajstić information content (AvgIpc) is 3.28. The molecule has 28 heavy (non-hydrogen) atoms. The standard InChI is InChI=1S/C22H31N3O3/c1-16(27)23-20-13-22(19-7-3-2-6-18(19)20)8-11-24(12-9-22)14-21(28)25-10-4-5-17(25)15-26/h2-3,6-7,17,20,26H,4-5,8-15H2,1H3,(H,23,27)/t17-,20-/m0/s1. The lowest BCUT2D eigenvalue weighted by Gasteiger charge is -2.40. The molecule has 1 aliphatic carbocycles. The van der Waals surface area contributed by atoms with Crippen molar-refractivity contribution in [2.75, 3.05) is 32.8 Å². The summed E-state index contributed by atoms with van der Waals surface area (Å²) in [6.45, 7) is 4.65. The van der Waals surface area contributed by atoms with Crippen molar-refractivity contribution in [1.82, 2.24) is 15.1 Å². The van der Waals surface area contributed by atoms with Gasteiger partial charge in [-0.25, -0.2) is 0 Å². The number of piperidine rings is 1. The SMILES string of the molecule is CC(=O)N[C@H]1CC2(CCN(CC(=O)N3CCC[C@H]3CO)CC2)c2ccccc21. The second-order valence-electron chi connectivity index (χ2n) is 8.67. The summed E-state index contributed by atoms with van der Waals surface area (Å²) in [5, 5.41) is 12.6. The highest BCUT2D eigenvalue weighted by molar-refractivity contribution is 5.79. The summed E-state index contributed by atoms with van der Waals surface area (Å²) < 4.78 is 0. The first kappa shape index (κ1) is 19.4. The van der Waals surface area contributed by atoms with Crippen LogP contribution >= 0.6 is 0 Å². The molecule has 2 amide bonds. The van der Waals surface area contributed by atoms with Crippen molar-refractivity contribution in [3.05, 3.63) is 35.4 Å². The zero-order chi connectivity index (χ0) is 19.7. The Balaban J connectivity index is 1.41. The highest BCUT2D eigenvalue weighted by Gasteiger charge is 2.45. The molecule has 0 radical (unpaired) electrons. The van der Waals surface area contributed by atoms with Gasteiger partial charge < -0.3 is 15.3 Å². The molecule has 152 valence electrons. The van der Waals surface area contributed by atoms with Crippen LogP contribution in [0.3, 0.4) is 0 Å². The van der Waals surface area contributed by atoms with Gasteiger partial charge in [-0.05, 0) is 56.3 Å². The minimum Gasteiger partial charge on any atom is -0.394 e. The molecule has 6 heteroatoms. The topological polar surface area (TPSA) is 72.9 Å². The van der Waals surface area contributed by atoms with Crippen LogP contribution in [0.25, 0.3) is 0 Å². The fourth-order valence-electron chi connectivity index (χ4n) is 5.52. The van der Waals surface area contributed by atoms with E-state index in [0.717, 1.165) is 51.7 Å². The number of nitrogens with zero attached hydrogens (tertiary/aromatic N) is 2. The van der Waals surface area contributed by atoms with Crippen LogP contribution in [0.15, 0.2) is 24.3 Å². The largest absolute Gasteiger partial charge is 0.394 e. The van der Waals surface area contributed by atoms with E-state index >= 15 is 0 Å². The molecule has 3 aliphatic rings. The maximum absolute atomic E-state index is 12.7. The third-order valence-electron chi connectivity index (χ3n) is 6.96. The summed E-state index contributed by atoms with van der Waals surface area (Å²) in [5.41, 5.74) is 2.73. The number of carbonyl (C=O) groups excluding carboxylic acids is 2. The number of nitrogens with one attached hydrogen (secondary N) is 1. The molecule has 0 aromatic heterocycles. The number of aliphatic hydroxyl groups is 1. The van der Waals surface area contributed by atoms with Crippen molar-refractivity contribution in [2.45, 2.75) is 56.5 Å². The minimum absolute atomic E-state index is 0.00348. The molecule has 2 atom stereocenters. The number of carbonyl (C=O) groups is 2. The fourth-order valence-corrected chi connectivity index (χ4v) is 5.52. The number of rotatable bonds is 4. The van der Waals surface area contributed by atoms with Gasteiger partial charge in [-0.3, -0.25) is 14.5 Å². The molecule has 4 rings (SSSR count). The quantitative estimate of drug-likeness (QED) is 0.826. The Kier molecular flexibility index (Phi) is 5.43. The normalized spacial score (nSPS) is 26.4. The monoisotopic (exact) mass is 385 g/mol. The summed E-state index contributed by atoms with van der Waals surface area (Å²) in [5.74, 6) is 0.166. The zero-order valence-corrected chi connectivity index (χ0v) is 16.7. The van der Waals surface area contributed by atoms with Crippen LogP contribution in [0.2, 0.25) is 0 Å². The van der Waals surface area contributed by atoms with Crippen molar-refractivity contribution in [2.24, 2.45) is 0 Å². The molecule has 1 spiro atoms. The highest BCUT2D eigenvalue weighted by atomic mass is 16.3. The van der Waals surface area contributed by atoms with Gasteiger partial charge >= 0.3 is 0 Å². The zero-order valence-electron chi connectivity index (χ0n) is 16.7. The van der Waals surface area contributed by atoms with Crippen LogP contribution in [0.4, 0.5) is 0 Å². The molecule has 1 aromatic carbocycles. The minimum atomic E-state index is 0.00348. The fraction of sp³-hybridized carbons (Fsp3) is 0.636. The van der Waals surface area contributed by atoms with E-state index in [1.807, 2.05) is 11.0 Å². The van der Waals surface area contributed by atoms with Gasteiger partial charge in [-0.15, -0.1) is 0 Å². The Morgan fingerprint density at radius 2 is 1.96 bits per heavy atom. The lowest BCUT2D eigenvalue weighted by molar-refractivity contribution is -0.134. The van der Waals surface area contributed by atoms with Crippen LogP contribution in [0.1, 0.15) is 56.2 Å². The number of aliphatic hydroxyl groups excluding tert-OH is 1. The molecule has 0 bridgehead atoms. The van der Waals surface area contributed by atoms with Crippen LogP contribution in [-0.4, -0.2) is 65.5 Å². The lowest BCUT2D eigenvalue weighted by Crippen LogP contribution is -2.48.